The molecule has 98 valence electrons. The number of carbonyl (C=O) groups excluding carboxylic acids is 1. The summed E-state index contributed by atoms with van der Waals surface area (Å²) in [6.45, 7) is 5.55. The third-order valence-electron chi connectivity index (χ3n) is 3.29. The molecule has 2 rings (SSSR count). The summed E-state index contributed by atoms with van der Waals surface area (Å²) in [4.78, 5) is 16.1. The lowest BCUT2D eigenvalue weighted by molar-refractivity contribution is -0.131. The van der Waals surface area contributed by atoms with Crippen LogP contribution in [-0.4, -0.2) is 37.0 Å². The zero-order chi connectivity index (χ0) is 13.0. The van der Waals surface area contributed by atoms with E-state index in [0.717, 1.165) is 37.1 Å². The van der Waals surface area contributed by atoms with E-state index in [0.29, 0.717) is 12.3 Å². The molecule has 1 fully saturated rings. The van der Waals surface area contributed by atoms with Gasteiger partial charge in [-0.05, 0) is 34.5 Å². The van der Waals surface area contributed by atoms with Crippen LogP contribution in [0, 0.1) is 0 Å². The van der Waals surface area contributed by atoms with Gasteiger partial charge in [0, 0.05) is 37.1 Å². The molecule has 3 nitrogen and oxygen atoms in total. The molecule has 1 saturated heterocycles. The van der Waals surface area contributed by atoms with E-state index in [1.54, 1.807) is 0 Å². The second-order valence-electron chi connectivity index (χ2n) is 4.57. The number of piperazine rings is 1. The first-order valence-electron chi connectivity index (χ1n) is 6.49. The highest BCUT2D eigenvalue weighted by atomic mass is 79.9. The SMILES string of the molecule is CCCC(=O)N1CCN(c2ccccc2Br)CC1. The fourth-order valence-corrected chi connectivity index (χ4v) is 2.81. The number of amides is 1. The van der Waals surface area contributed by atoms with Gasteiger partial charge in [-0.1, -0.05) is 19.1 Å². The lowest BCUT2D eigenvalue weighted by Crippen LogP contribution is -2.48. The van der Waals surface area contributed by atoms with Gasteiger partial charge in [-0.3, -0.25) is 4.79 Å². The van der Waals surface area contributed by atoms with Gasteiger partial charge in [0.05, 0.1) is 5.69 Å². The Labute approximate surface area is 117 Å². The molecule has 0 radical (unpaired) electrons. The van der Waals surface area contributed by atoms with E-state index in [9.17, 15) is 4.79 Å². The molecule has 1 amide bonds. The van der Waals surface area contributed by atoms with Gasteiger partial charge in [0.1, 0.15) is 0 Å². The molecule has 0 aliphatic carbocycles. The molecule has 1 aromatic carbocycles. The van der Waals surface area contributed by atoms with E-state index in [2.05, 4.69) is 46.0 Å². The molecule has 0 atom stereocenters. The van der Waals surface area contributed by atoms with Crippen LogP contribution >= 0.6 is 15.9 Å². The minimum absolute atomic E-state index is 0.296. The average Bonchev–Trinajstić information content (AvgIpc) is 2.40. The van der Waals surface area contributed by atoms with Crippen LogP contribution in [0.4, 0.5) is 5.69 Å². The van der Waals surface area contributed by atoms with Crippen molar-refractivity contribution < 1.29 is 4.79 Å². The monoisotopic (exact) mass is 310 g/mol. The molecule has 0 N–H and O–H groups in total. The summed E-state index contributed by atoms with van der Waals surface area (Å²) in [5.74, 6) is 0.296. The van der Waals surface area contributed by atoms with E-state index >= 15 is 0 Å². The Balaban J connectivity index is 1.95. The predicted molar refractivity (Wildman–Crippen MR) is 77.8 cm³/mol. The summed E-state index contributed by atoms with van der Waals surface area (Å²) in [6.07, 6.45) is 1.61. The second-order valence-corrected chi connectivity index (χ2v) is 5.42. The Hall–Kier alpha value is -1.03. The summed E-state index contributed by atoms with van der Waals surface area (Å²) < 4.78 is 1.12. The van der Waals surface area contributed by atoms with Gasteiger partial charge in [-0.25, -0.2) is 0 Å². The molecular weight excluding hydrogens is 292 g/mol. The van der Waals surface area contributed by atoms with Crippen LogP contribution in [0.5, 0.6) is 0 Å². The molecule has 1 aliphatic heterocycles. The first-order valence-corrected chi connectivity index (χ1v) is 7.29. The van der Waals surface area contributed by atoms with E-state index in [4.69, 9.17) is 0 Å². The predicted octanol–water partition coefficient (Wildman–Crippen LogP) is 2.90. The number of carbonyl (C=O) groups is 1. The first kappa shape index (κ1) is 13.4. The largest absolute Gasteiger partial charge is 0.367 e. The number of hydrogen-bond acceptors (Lipinski definition) is 2. The van der Waals surface area contributed by atoms with Crippen molar-refractivity contribution in [3.05, 3.63) is 28.7 Å². The van der Waals surface area contributed by atoms with Crippen molar-refractivity contribution in [2.45, 2.75) is 19.8 Å². The fourth-order valence-electron chi connectivity index (χ4n) is 2.28. The minimum atomic E-state index is 0.296. The molecule has 4 heteroatoms. The molecular formula is C14H19BrN2O. The van der Waals surface area contributed by atoms with Gasteiger partial charge in [0.15, 0.2) is 0 Å². The number of halogens is 1. The number of hydrogen-bond donors (Lipinski definition) is 0. The summed E-state index contributed by atoms with van der Waals surface area (Å²) in [6, 6.07) is 8.25. The van der Waals surface area contributed by atoms with Crippen molar-refractivity contribution in [1.29, 1.82) is 0 Å². The lowest BCUT2D eigenvalue weighted by atomic mass is 10.2. The van der Waals surface area contributed by atoms with Gasteiger partial charge < -0.3 is 9.80 Å². The number of benzene rings is 1. The summed E-state index contributed by atoms with van der Waals surface area (Å²) in [5.41, 5.74) is 1.22. The maximum Gasteiger partial charge on any atom is 0.222 e. The Morgan fingerprint density at radius 1 is 1.22 bits per heavy atom. The maximum atomic E-state index is 11.8. The quantitative estimate of drug-likeness (QED) is 0.857. The van der Waals surface area contributed by atoms with E-state index in [-0.39, 0.29) is 0 Å². The zero-order valence-electron chi connectivity index (χ0n) is 10.7. The Bertz CT molecular complexity index is 414. The summed E-state index contributed by atoms with van der Waals surface area (Å²) in [7, 11) is 0. The number of anilines is 1. The molecule has 1 aliphatic rings. The summed E-state index contributed by atoms with van der Waals surface area (Å²) in [5, 5.41) is 0. The van der Waals surface area contributed by atoms with Crippen molar-refractivity contribution in [3.8, 4) is 0 Å². The minimum Gasteiger partial charge on any atom is -0.367 e. The van der Waals surface area contributed by atoms with Gasteiger partial charge in [-0.15, -0.1) is 0 Å². The third-order valence-corrected chi connectivity index (χ3v) is 3.96. The highest BCUT2D eigenvalue weighted by Gasteiger charge is 2.21. The van der Waals surface area contributed by atoms with Crippen LogP contribution in [0.1, 0.15) is 19.8 Å². The van der Waals surface area contributed by atoms with Crippen LogP contribution in [-0.2, 0) is 4.79 Å². The first-order chi connectivity index (χ1) is 8.72. The van der Waals surface area contributed by atoms with Crippen molar-refractivity contribution in [2.75, 3.05) is 31.1 Å². The smallest absolute Gasteiger partial charge is 0.222 e. The molecule has 1 aromatic rings. The lowest BCUT2D eigenvalue weighted by Gasteiger charge is -2.36. The van der Waals surface area contributed by atoms with E-state index in [1.165, 1.54) is 5.69 Å². The van der Waals surface area contributed by atoms with Crippen molar-refractivity contribution in [2.24, 2.45) is 0 Å². The van der Waals surface area contributed by atoms with Crippen LogP contribution in [0.15, 0.2) is 28.7 Å². The third kappa shape index (κ3) is 3.05. The van der Waals surface area contributed by atoms with E-state index < -0.39 is 0 Å². The van der Waals surface area contributed by atoms with Crippen LogP contribution in [0.2, 0.25) is 0 Å². The molecule has 0 saturated carbocycles. The van der Waals surface area contributed by atoms with Crippen molar-refractivity contribution in [1.82, 2.24) is 4.90 Å². The standard InChI is InChI=1S/C14H19BrN2O/c1-2-5-14(18)17-10-8-16(9-11-17)13-7-4-3-6-12(13)15/h3-4,6-7H,2,5,8-11H2,1H3. The molecule has 0 spiro atoms. The normalized spacial score (nSPS) is 15.9. The Morgan fingerprint density at radius 3 is 2.50 bits per heavy atom. The second kappa shape index (κ2) is 6.23. The molecule has 1 heterocycles. The fraction of sp³-hybridized carbons (Fsp3) is 0.500. The molecule has 0 bridgehead atoms. The Morgan fingerprint density at radius 2 is 1.89 bits per heavy atom. The number of rotatable bonds is 3. The molecule has 18 heavy (non-hydrogen) atoms. The van der Waals surface area contributed by atoms with E-state index in [1.807, 2.05) is 11.0 Å². The number of para-hydroxylation sites is 1. The van der Waals surface area contributed by atoms with Gasteiger partial charge >= 0.3 is 0 Å². The number of nitrogens with zero attached hydrogens (tertiary/aromatic N) is 2. The zero-order valence-corrected chi connectivity index (χ0v) is 12.3. The van der Waals surface area contributed by atoms with Gasteiger partial charge in [0.2, 0.25) is 5.91 Å². The van der Waals surface area contributed by atoms with Gasteiger partial charge in [-0.2, -0.15) is 0 Å². The van der Waals surface area contributed by atoms with Crippen LogP contribution in [0.25, 0.3) is 0 Å². The van der Waals surface area contributed by atoms with Crippen molar-refractivity contribution in [3.63, 3.8) is 0 Å². The highest BCUT2D eigenvalue weighted by molar-refractivity contribution is 9.10. The van der Waals surface area contributed by atoms with Crippen molar-refractivity contribution >= 4 is 27.5 Å². The Kier molecular flexibility index (Phi) is 4.64. The highest BCUT2D eigenvalue weighted by Crippen LogP contribution is 2.26. The van der Waals surface area contributed by atoms with Crippen LogP contribution < -0.4 is 4.90 Å². The topological polar surface area (TPSA) is 23.6 Å². The van der Waals surface area contributed by atoms with Gasteiger partial charge in [0.25, 0.3) is 0 Å². The molecule has 0 unspecified atom stereocenters. The molecule has 0 aromatic heterocycles. The average molecular weight is 311 g/mol. The maximum absolute atomic E-state index is 11.8. The summed E-state index contributed by atoms with van der Waals surface area (Å²) >= 11 is 3.58. The van der Waals surface area contributed by atoms with Crippen LogP contribution in [0.3, 0.4) is 0 Å².